The molecule has 0 atom stereocenters. The highest BCUT2D eigenvalue weighted by molar-refractivity contribution is 6.10. The Balaban J connectivity index is 2.52. The van der Waals surface area contributed by atoms with Gasteiger partial charge in [-0.3, -0.25) is 0 Å². The van der Waals surface area contributed by atoms with Crippen LogP contribution in [0, 0.1) is 34.0 Å². The van der Waals surface area contributed by atoms with Crippen molar-refractivity contribution in [3.63, 3.8) is 0 Å². The summed E-state index contributed by atoms with van der Waals surface area (Å²) in [5, 5.41) is 29.5. The Kier molecular flexibility index (Phi) is 3.14. The topological polar surface area (TPSA) is 99.0 Å². The molecule has 1 heterocycles. The lowest BCUT2D eigenvalue weighted by molar-refractivity contribution is 1.11. The molecule has 1 N–H and O–H groups in total. The van der Waals surface area contributed by atoms with Crippen LogP contribution in [-0.2, 0) is 0 Å². The van der Waals surface area contributed by atoms with Gasteiger partial charge in [-0.15, -0.1) is 0 Å². The Bertz CT molecular complexity index is 692. The van der Waals surface area contributed by atoms with E-state index >= 15 is 0 Å². The number of aliphatic imine (C=N–C) groups is 1. The summed E-state index contributed by atoms with van der Waals surface area (Å²) >= 11 is 0. The second-order valence-electron chi connectivity index (χ2n) is 3.69. The van der Waals surface area contributed by atoms with Crippen LogP contribution in [0.3, 0.4) is 0 Å². The summed E-state index contributed by atoms with van der Waals surface area (Å²) in [6, 6.07) is 12.7. The highest BCUT2D eigenvalue weighted by atomic mass is 15.3. The van der Waals surface area contributed by atoms with Crippen LogP contribution in [-0.4, -0.2) is 12.8 Å². The summed E-state index contributed by atoms with van der Waals surface area (Å²) < 4.78 is 0. The van der Waals surface area contributed by atoms with Crippen molar-refractivity contribution in [2.24, 2.45) is 4.99 Å². The number of hydrogen-bond donors (Lipinski definition) is 1. The molecule has 1 aliphatic heterocycles. The minimum absolute atomic E-state index is 0.00296. The maximum atomic E-state index is 9.12. The third kappa shape index (κ3) is 2.09. The van der Waals surface area contributed by atoms with Gasteiger partial charge in [0.15, 0.2) is 5.70 Å². The number of para-hydroxylation sites is 2. The van der Waals surface area contributed by atoms with Crippen LogP contribution in [0.4, 0.5) is 11.4 Å². The third-order valence-electron chi connectivity index (χ3n) is 2.62. The molecule has 0 bridgehead atoms. The van der Waals surface area contributed by atoms with E-state index in [4.69, 9.17) is 15.8 Å². The van der Waals surface area contributed by atoms with Gasteiger partial charge < -0.3 is 10.2 Å². The van der Waals surface area contributed by atoms with Gasteiger partial charge in [0.1, 0.15) is 24.0 Å². The van der Waals surface area contributed by atoms with Crippen LogP contribution >= 0.6 is 0 Å². The Morgan fingerprint density at radius 2 is 1.84 bits per heavy atom. The number of nitrogens with one attached hydrogen (secondary N) is 1. The van der Waals surface area contributed by atoms with Crippen molar-refractivity contribution in [1.29, 1.82) is 15.8 Å². The lowest BCUT2D eigenvalue weighted by Crippen LogP contribution is -2.16. The smallest absolute Gasteiger partial charge is 0.219 e. The minimum Gasteiger partial charge on any atom is -0.337 e. The molecule has 1 aromatic rings. The standard InChI is InChI=1S/C13H8N6/c1-19-12-5-3-2-4-10(12)18-13(19)11(8-16)17-9(6-14)7-15/h2-5,18H,1H3/b13-11-. The molecular formula is C13H8N6. The molecule has 6 heteroatoms. The summed E-state index contributed by atoms with van der Waals surface area (Å²) in [7, 11) is 1.78. The first-order chi connectivity index (χ1) is 9.21. The average Bonchev–Trinajstić information content (AvgIpc) is 2.78. The fourth-order valence-corrected chi connectivity index (χ4v) is 1.74. The Morgan fingerprint density at radius 1 is 1.16 bits per heavy atom. The van der Waals surface area contributed by atoms with Gasteiger partial charge in [0.25, 0.3) is 0 Å². The van der Waals surface area contributed by atoms with Crippen molar-refractivity contribution in [3.05, 3.63) is 35.8 Å². The second-order valence-corrected chi connectivity index (χ2v) is 3.69. The van der Waals surface area contributed by atoms with Crippen molar-refractivity contribution >= 4 is 17.1 Å². The molecule has 1 aromatic carbocycles. The Labute approximate surface area is 110 Å². The van der Waals surface area contributed by atoms with Crippen LogP contribution < -0.4 is 10.2 Å². The highest BCUT2D eigenvalue weighted by Crippen LogP contribution is 2.35. The molecule has 0 amide bonds. The molecule has 0 saturated carbocycles. The molecule has 90 valence electrons. The minimum atomic E-state index is -0.352. The van der Waals surface area contributed by atoms with Gasteiger partial charge in [0.05, 0.1) is 11.4 Å². The van der Waals surface area contributed by atoms with E-state index in [1.165, 1.54) is 0 Å². The van der Waals surface area contributed by atoms with Gasteiger partial charge in [0, 0.05) is 7.05 Å². The fraction of sp³-hybridized carbons (Fsp3) is 0.0769. The number of nitriles is 3. The maximum Gasteiger partial charge on any atom is 0.219 e. The van der Waals surface area contributed by atoms with Crippen molar-refractivity contribution < 1.29 is 0 Å². The molecule has 1 aliphatic rings. The SMILES string of the molecule is CN1/C(=C(/C#N)N=C(C#N)C#N)Nc2ccccc21. The van der Waals surface area contributed by atoms with E-state index in [0.29, 0.717) is 5.82 Å². The predicted octanol–water partition coefficient (Wildman–Crippen LogP) is 1.73. The van der Waals surface area contributed by atoms with Crippen LogP contribution in [0.25, 0.3) is 0 Å². The number of allylic oxidation sites excluding steroid dienone is 1. The van der Waals surface area contributed by atoms with E-state index in [0.717, 1.165) is 11.4 Å². The van der Waals surface area contributed by atoms with Gasteiger partial charge >= 0.3 is 0 Å². The Morgan fingerprint density at radius 3 is 2.42 bits per heavy atom. The molecule has 19 heavy (non-hydrogen) atoms. The molecule has 0 spiro atoms. The Hall–Kier alpha value is -3.30. The molecule has 6 nitrogen and oxygen atoms in total. The lowest BCUT2D eigenvalue weighted by Gasteiger charge is -2.13. The quantitative estimate of drug-likeness (QED) is 0.602. The lowest BCUT2D eigenvalue weighted by atomic mass is 10.3. The van der Waals surface area contributed by atoms with Crippen LogP contribution in [0.5, 0.6) is 0 Å². The first kappa shape index (κ1) is 12.2. The summed E-state index contributed by atoms with van der Waals surface area (Å²) in [6.07, 6.45) is 0. The molecule has 0 unspecified atom stereocenters. The molecule has 0 fully saturated rings. The average molecular weight is 248 g/mol. The molecule has 0 saturated heterocycles. The van der Waals surface area contributed by atoms with Gasteiger partial charge in [0.2, 0.25) is 5.71 Å². The molecule has 0 radical (unpaired) electrons. The molecule has 0 aliphatic carbocycles. The summed E-state index contributed by atoms with van der Waals surface area (Å²) in [5.74, 6) is 0.451. The van der Waals surface area contributed by atoms with Crippen LogP contribution in [0.2, 0.25) is 0 Å². The van der Waals surface area contributed by atoms with E-state index in [1.807, 2.05) is 30.3 Å². The normalized spacial score (nSPS) is 14.3. The van der Waals surface area contributed by atoms with Crippen molar-refractivity contribution in [2.45, 2.75) is 0 Å². The number of anilines is 2. The van der Waals surface area contributed by atoms with Crippen molar-refractivity contribution in [2.75, 3.05) is 17.3 Å². The van der Waals surface area contributed by atoms with Gasteiger partial charge in [-0.05, 0) is 12.1 Å². The van der Waals surface area contributed by atoms with E-state index in [-0.39, 0.29) is 11.4 Å². The maximum absolute atomic E-state index is 9.12. The zero-order chi connectivity index (χ0) is 13.8. The fourth-order valence-electron chi connectivity index (χ4n) is 1.74. The number of hydrogen-bond acceptors (Lipinski definition) is 6. The van der Waals surface area contributed by atoms with Crippen molar-refractivity contribution in [3.8, 4) is 18.2 Å². The molecule has 0 aromatic heterocycles. The van der Waals surface area contributed by atoms with Crippen LogP contribution in [0.15, 0.2) is 40.8 Å². The number of rotatable bonds is 1. The summed E-state index contributed by atoms with van der Waals surface area (Å²) in [4.78, 5) is 5.51. The van der Waals surface area contributed by atoms with Gasteiger partial charge in [-0.2, -0.15) is 15.8 Å². The van der Waals surface area contributed by atoms with E-state index in [9.17, 15) is 0 Å². The largest absolute Gasteiger partial charge is 0.337 e. The predicted molar refractivity (Wildman–Crippen MR) is 69.8 cm³/mol. The van der Waals surface area contributed by atoms with E-state index in [2.05, 4.69) is 10.3 Å². The summed E-state index contributed by atoms with van der Waals surface area (Å²) in [6.45, 7) is 0. The number of nitrogens with zero attached hydrogens (tertiary/aromatic N) is 5. The van der Waals surface area contributed by atoms with E-state index < -0.39 is 0 Å². The number of fused-ring (bicyclic) bond motifs is 1. The van der Waals surface area contributed by atoms with E-state index in [1.54, 1.807) is 24.1 Å². The van der Waals surface area contributed by atoms with Gasteiger partial charge in [-0.1, -0.05) is 12.1 Å². The highest BCUT2D eigenvalue weighted by Gasteiger charge is 2.23. The third-order valence-corrected chi connectivity index (χ3v) is 2.62. The van der Waals surface area contributed by atoms with Crippen molar-refractivity contribution in [1.82, 2.24) is 0 Å². The number of benzene rings is 1. The van der Waals surface area contributed by atoms with Crippen LogP contribution in [0.1, 0.15) is 0 Å². The molecular weight excluding hydrogens is 240 g/mol. The second kappa shape index (κ2) is 4.91. The zero-order valence-corrected chi connectivity index (χ0v) is 10.0. The summed E-state index contributed by atoms with van der Waals surface area (Å²) in [5.41, 5.74) is 1.39. The first-order valence-corrected chi connectivity index (χ1v) is 5.34. The monoisotopic (exact) mass is 248 g/mol. The molecule has 2 rings (SSSR count). The van der Waals surface area contributed by atoms with Gasteiger partial charge in [-0.25, -0.2) is 4.99 Å². The first-order valence-electron chi connectivity index (χ1n) is 5.34. The zero-order valence-electron chi connectivity index (χ0n) is 10.0.